The molecular formula is C15H19N3S. The van der Waals surface area contributed by atoms with Crippen molar-refractivity contribution in [2.45, 2.75) is 39.2 Å². The van der Waals surface area contributed by atoms with E-state index < -0.39 is 0 Å². The highest BCUT2D eigenvalue weighted by Crippen LogP contribution is 2.32. The first-order valence-corrected chi connectivity index (χ1v) is 7.51. The van der Waals surface area contributed by atoms with Gasteiger partial charge in [-0.05, 0) is 17.5 Å². The lowest BCUT2D eigenvalue weighted by atomic mass is 9.98. The summed E-state index contributed by atoms with van der Waals surface area (Å²) in [6.07, 6.45) is 1.10. The van der Waals surface area contributed by atoms with Crippen LogP contribution >= 0.6 is 11.3 Å². The van der Waals surface area contributed by atoms with Gasteiger partial charge in [-0.2, -0.15) is 0 Å². The van der Waals surface area contributed by atoms with Crippen molar-refractivity contribution in [1.29, 1.82) is 0 Å². The number of benzene rings is 1. The molecule has 0 saturated carbocycles. The first-order chi connectivity index (χ1) is 9.04. The Balaban J connectivity index is 1.83. The number of rotatable bonds is 1. The first-order valence-electron chi connectivity index (χ1n) is 6.70. The molecule has 2 aromatic rings. The molecule has 1 aromatic carbocycles. The minimum absolute atomic E-state index is 0.0869. The Kier molecular flexibility index (Phi) is 3.05. The highest BCUT2D eigenvalue weighted by atomic mass is 32.1. The van der Waals surface area contributed by atoms with Crippen molar-refractivity contribution in [2.75, 3.05) is 11.4 Å². The van der Waals surface area contributed by atoms with Gasteiger partial charge >= 0.3 is 0 Å². The molecule has 1 aliphatic heterocycles. The monoisotopic (exact) mass is 273 g/mol. The predicted octanol–water partition coefficient (Wildman–Crippen LogP) is 3.40. The Morgan fingerprint density at radius 3 is 2.53 bits per heavy atom. The second-order valence-electron chi connectivity index (χ2n) is 6.08. The van der Waals surface area contributed by atoms with Crippen LogP contribution in [-0.4, -0.2) is 16.7 Å². The average Bonchev–Trinajstić information content (AvgIpc) is 2.87. The summed E-state index contributed by atoms with van der Waals surface area (Å²) in [4.78, 5) is 2.34. The Morgan fingerprint density at radius 1 is 1.11 bits per heavy atom. The quantitative estimate of drug-likeness (QED) is 0.797. The van der Waals surface area contributed by atoms with Gasteiger partial charge in [-0.15, -0.1) is 10.2 Å². The summed E-state index contributed by atoms with van der Waals surface area (Å²) in [5.74, 6) is 0. The summed E-state index contributed by atoms with van der Waals surface area (Å²) < 4.78 is 0. The summed E-state index contributed by atoms with van der Waals surface area (Å²) >= 11 is 1.72. The highest BCUT2D eigenvalue weighted by molar-refractivity contribution is 7.15. The zero-order chi connectivity index (χ0) is 13.5. The van der Waals surface area contributed by atoms with Crippen LogP contribution in [-0.2, 0) is 18.4 Å². The van der Waals surface area contributed by atoms with Crippen LogP contribution in [0.15, 0.2) is 24.3 Å². The standard InChI is InChI=1S/C15H19N3S/c1-15(2,3)13-16-17-14(19-13)18-9-8-11-6-4-5-7-12(11)10-18/h4-7H,8-10H2,1-3H3. The molecule has 0 atom stereocenters. The maximum atomic E-state index is 4.37. The van der Waals surface area contributed by atoms with Gasteiger partial charge in [0.05, 0.1) is 0 Å². The Hall–Kier alpha value is -1.42. The van der Waals surface area contributed by atoms with E-state index in [1.807, 2.05) is 0 Å². The highest BCUT2D eigenvalue weighted by Gasteiger charge is 2.23. The van der Waals surface area contributed by atoms with Gasteiger partial charge in [-0.3, -0.25) is 0 Å². The van der Waals surface area contributed by atoms with Crippen LogP contribution in [0.4, 0.5) is 5.13 Å². The van der Waals surface area contributed by atoms with Gasteiger partial charge < -0.3 is 4.90 Å². The maximum Gasteiger partial charge on any atom is 0.208 e. The molecule has 0 unspecified atom stereocenters. The van der Waals surface area contributed by atoms with Gasteiger partial charge in [0.2, 0.25) is 5.13 Å². The van der Waals surface area contributed by atoms with E-state index in [2.05, 4.69) is 60.1 Å². The van der Waals surface area contributed by atoms with Gasteiger partial charge in [0.1, 0.15) is 5.01 Å². The van der Waals surface area contributed by atoms with Crippen LogP contribution in [0, 0.1) is 0 Å². The second-order valence-corrected chi connectivity index (χ2v) is 7.04. The van der Waals surface area contributed by atoms with Gasteiger partial charge in [0.15, 0.2) is 0 Å². The summed E-state index contributed by atoms with van der Waals surface area (Å²) in [5, 5.41) is 10.9. The molecule has 1 aromatic heterocycles. The molecule has 0 saturated heterocycles. The fourth-order valence-corrected chi connectivity index (χ4v) is 3.23. The Labute approximate surface area is 118 Å². The molecule has 0 amide bonds. The molecule has 1 aliphatic rings. The fraction of sp³-hybridized carbons (Fsp3) is 0.467. The zero-order valence-corrected chi connectivity index (χ0v) is 12.5. The summed E-state index contributed by atoms with van der Waals surface area (Å²) in [5.41, 5.74) is 2.98. The number of aromatic nitrogens is 2. The number of fused-ring (bicyclic) bond motifs is 1. The van der Waals surface area contributed by atoms with Gasteiger partial charge in [-0.1, -0.05) is 56.4 Å². The van der Waals surface area contributed by atoms with Crippen molar-refractivity contribution >= 4 is 16.5 Å². The minimum Gasteiger partial charge on any atom is -0.342 e. The minimum atomic E-state index is 0.0869. The molecule has 0 bridgehead atoms. The summed E-state index contributed by atoms with van der Waals surface area (Å²) in [7, 11) is 0. The van der Waals surface area contributed by atoms with Crippen molar-refractivity contribution in [2.24, 2.45) is 0 Å². The van der Waals surface area contributed by atoms with E-state index in [-0.39, 0.29) is 5.41 Å². The van der Waals surface area contributed by atoms with Crippen LogP contribution < -0.4 is 4.90 Å². The number of hydrogen-bond acceptors (Lipinski definition) is 4. The zero-order valence-electron chi connectivity index (χ0n) is 11.7. The van der Waals surface area contributed by atoms with E-state index in [9.17, 15) is 0 Å². The van der Waals surface area contributed by atoms with Crippen molar-refractivity contribution < 1.29 is 0 Å². The smallest absolute Gasteiger partial charge is 0.208 e. The van der Waals surface area contributed by atoms with Crippen LogP contribution in [0.5, 0.6) is 0 Å². The van der Waals surface area contributed by atoms with E-state index in [1.54, 1.807) is 11.3 Å². The first kappa shape index (κ1) is 12.6. The molecule has 0 fully saturated rings. The third-order valence-corrected chi connectivity index (χ3v) is 4.87. The van der Waals surface area contributed by atoms with Crippen molar-refractivity contribution in [1.82, 2.24) is 10.2 Å². The molecule has 0 spiro atoms. The average molecular weight is 273 g/mol. The number of anilines is 1. The van der Waals surface area contributed by atoms with E-state index in [0.29, 0.717) is 0 Å². The Morgan fingerprint density at radius 2 is 1.84 bits per heavy atom. The molecule has 0 aliphatic carbocycles. The second kappa shape index (κ2) is 4.60. The normalized spacial score (nSPS) is 15.4. The fourth-order valence-electron chi connectivity index (χ4n) is 2.31. The molecule has 0 radical (unpaired) electrons. The largest absolute Gasteiger partial charge is 0.342 e. The lowest BCUT2D eigenvalue weighted by Crippen LogP contribution is -2.30. The van der Waals surface area contributed by atoms with Crippen molar-refractivity contribution in [3.63, 3.8) is 0 Å². The number of hydrogen-bond donors (Lipinski definition) is 0. The third kappa shape index (κ3) is 2.50. The van der Waals surface area contributed by atoms with E-state index in [4.69, 9.17) is 0 Å². The van der Waals surface area contributed by atoms with Gasteiger partial charge in [0.25, 0.3) is 0 Å². The molecular weight excluding hydrogens is 254 g/mol. The molecule has 4 heteroatoms. The van der Waals surface area contributed by atoms with Gasteiger partial charge in [0, 0.05) is 18.5 Å². The third-order valence-electron chi connectivity index (χ3n) is 3.46. The van der Waals surface area contributed by atoms with Crippen LogP contribution in [0.25, 0.3) is 0 Å². The van der Waals surface area contributed by atoms with Crippen molar-refractivity contribution in [3.05, 3.63) is 40.4 Å². The lowest BCUT2D eigenvalue weighted by molar-refractivity contribution is 0.578. The molecule has 2 heterocycles. The lowest BCUT2D eigenvalue weighted by Gasteiger charge is -2.28. The van der Waals surface area contributed by atoms with Crippen LogP contribution in [0.3, 0.4) is 0 Å². The van der Waals surface area contributed by atoms with E-state index in [0.717, 1.165) is 29.6 Å². The van der Waals surface area contributed by atoms with E-state index >= 15 is 0 Å². The maximum absolute atomic E-state index is 4.37. The van der Waals surface area contributed by atoms with Gasteiger partial charge in [-0.25, -0.2) is 0 Å². The van der Waals surface area contributed by atoms with Crippen LogP contribution in [0.2, 0.25) is 0 Å². The molecule has 0 N–H and O–H groups in total. The SMILES string of the molecule is CC(C)(C)c1nnc(N2CCc3ccccc3C2)s1. The molecule has 19 heavy (non-hydrogen) atoms. The van der Waals surface area contributed by atoms with Crippen molar-refractivity contribution in [3.8, 4) is 0 Å². The Bertz CT molecular complexity index is 583. The molecule has 100 valence electrons. The van der Waals surface area contributed by atoms with Crippen LogP contribution in [0.1, 0.15) is 36.9 Å². The number of nitrogens with zero attached hydrogens (tertiary/aromatic N) is 3. The van der Waals surface area contributed by atoms with E-state index in [1.165, 1.54) is 11.1 Å². The molecule has 3 nitrogen and oxygen atoms in total. The molecule has 3 rings (SSSR count). The summed E-state index contributed by atoms with van der Waals surface area (Å²) in [6.45, 7) is 8.54. The topological polar surface area (TPSA) is 29.0 Å². The summed E-state index contributed by atoms with van der Waals surface area (Å²) in [6, 6.07) is 8.68. The predicted molar refractivity (Wildman–Crippen MR) is 79.8 cm³/mol.